The Morgan fingerprint density at radius 3 is 2.48 bits per heavy atom. The van der Waals surface area contributed by atoms with Crippen LogP contribution in [0.2, 0.25) is 0 Å². The summed E-state index contributed by atoms with van der Waals surface area (Å²) in [7, 11) is 0. The SMILES string of the molecule is C=C(Cc1nc(C2(c3ccc(SC(F)(F)F)cc3)CC2)no1)C(=O)O. The van der Waals surface area contributed by atoms with Crippen molar-refractivity contribution in [3.63, 3.8) is 0 Å². The van der Waals surface area contributed by atoms with Crippen molar-refractivity contribution in [2.75, 3.05) is 0 Å². The van der Waals surface area contributed by atoms with Gasteiger partial charge in [0.15, 0.2) is 5.82 Å². The summed E-state index contributed by atoms with van der Waals surface area (Å²) in [4.78, 5) is 15.1. The van der Waals surface area contributed by atoms with Crippen molar-refractivity contribution in [1.29, 1.82) is 0 Å². The third kappa shape index (κ3) is 3.87. The minimum Gasteiger partial charge on any atom is -0.478 e. The van der Waals surface area contributed by atoms with E-state index < -0.39 is 16.9 Å². The molecular formula is C16H13F3N2O3S. The highest BCUT2D eigenvalue weighted by Gasteiger charge is 2.50. The minimum absolute atomic E-state index is 0.0560. The fraction of sp³-hybridized carbons (Fsp3) is 0.312. The molecule has 132 valence electrons. The molecule has 2 aromatic rings. The van der Waals surface area contributed by atoms with E-state index in [4.69, 9.17) is 9.63 Å². The zero-order chi connectivity index (χ0) is 18.2. The van der Waals surface area contributed by atoms with Crippen molar-refractivity contribution in [2.24, 2.45) is 0 Å². The Bertz CT molecular complexity index is 811. The second kappa shape index (κ2) is 6.21. The standard InChI is InChI=1S/C16H13F3N2O3S/c1-9(13(22)23)8-12-20-14(21-24-12)15(6-7-15)10-2-4-11(5-3-10)25-16(17,18)19/h2-5H,1,6-8H2,(H,22,23). The third-order valence-corrected chi connectivity index (χ3v) is 4.69. The molecule has 1 heterocycles. The van der Waals surface area contributed by atoms with E-state index in [1.807, 2.05) is 0 Å². The van der Waals surface area contributed by atoms with Crippen molar-refractivity contribution in [1.82, 2.24) is 10.1 Å². The van der Waals surface area contributed by atoms with Gasteiger partial charge in [0.05, 0.1) is 11.8 Å². The highest BCUT2D eigenvalue weighted by atomic mass is 32.2. The topological polar surface area (TPSA) is 76.2 Å². The van der Waals surface area contributed by atoms with E-state index in [-0.39, 0.29) is 34.5 Å². The molecular weight excluding hydrogens is 357 g/mol. The van der Waals surface area contributed by atoms with Gasteiger partial charge in [0.1, 0.15) is 0 Å². The van der Waals surface area contributed by atoms with Crippen molar-refractivity contribution >= 4 is 17.7 Å². The summed E-state index contributed by atoms with van der Waals surface area (Å²) >= 11 is -0.165. The van der Waals surface area contributed by atoms with E-state index in [1.54, 1.807) is 12.1 Å². The van der Waals surface area contributed by atoms with Gasteiger partial charge in [0.2, 0.25) is 5.89 Å². The average molecular weight is 370 g/mol. The van der Waals surface area contributed by atoms with E-state index in [1.165, 1.54) is 12.1 Å². The maximum Gasteiger partial charge on any atom is 0.446 e. The average Bonchev–Trinajstić information content (AvgIpc) is 3.20. The molecule has 0 saturated heterocycles. The van der Waals surface area contributed by atoms with Gasteiger partial charge in [-0.1, -0.05) is 23.9 Å². The molecule has 1 fully saturated rings. The number of hydrogen-bond donors (Lipinski definition) is 1. The molecule has 0 radical (unpaired) electrons. The first kappa shape index (κ1) is 17.5. The first-order valence-electron chi connectivity index (χ1n) is 7.30. The number of thioether (sulfide) groups is 1. The molecule has 25 heavy (non-hydrogen) atoms. The Morgan fingerprint density at radius 2 is 1.96 bits per heavy atom. The minimum atomic E-state index is -4.33. The normalized spacial score (nSPS) is 15.8. The van der Waals surface area contributed by atoms with Gasteiger partial charge in [-0.05, 0) is 42.3 Å². The Kier molecular flexibility index (Phi) is 4.36. The molecule has 5 nitrogen and oxygen atoms in total. The number of carboxylic acid groups (broad SMARTS) is 1. The first-order valence-corrected chi connectivity index (χ1v) is 8.12. The van der Waals surface area contributed by atoms with Gasteiger partial charge in [-0.15, -0.1) is 0 Å². The zero-order valence-corrected chi connectivity index (χ0v) is 13.7. The summed E-state index contributed by atoms with van der Waals surface area (Å²) < 4.78 is 42.3. The molecule has 3 rings (SSSR count). The Labute approximate surface area is 144 Å². The van der Waals surface area contributed by atoms with Gasteiger partial charge in [0.25, 0.3) is 0 Å². The van der Waals surface area contributed by atoms with Gasteiger partial charge in [-0.25, -0.2) is 4.79 Å². The van der Waals surface area contributed by atoms with Crippen LogP contribution in [-0.2, 0) is 16.6 Å². The lowest BCUT2D eigenvalue weighted by atomic mass is 9.95. The summed E-state index contributed by atoms with van der Waals surface area (Å²) in [6.45, 7) is 3.41. The van der Waals surface area contributed by atoms with Crippen molar-refractivity contribution in [2.45, 2.75) is 35.1 Å². The second-order valence-corrected chi connectivity index (χ2v) is 6.89. The molecule has 0 amide bonds. The molecule has 0 aliphatic heterocycles. The number of aliphatic carboxylic acids is 1. The largest absolute Gasteiger partial charge is 0.478 e. The van der Waals surface area contributed by atoms with Crippen LogP contribution in [-0.4, -0.2) is 26.7 Å². The van der Waals surface area contributed by atoms with Crippen molar-refractivity contribution < 1.29 is 27.6 Å². The summed E-state index contributed by atoms with van der Waals surface area (Å²) in [6.07, 6.45) is 1.44. The lowest BCUT2D eigenvalue weighted by molar-refractivity contribution is -0.132. The molecule has 1 aliphatic rings. The number of halogens is 3. The lowest BCUT2D eigenvalue weighted by Gasteiger charge is -2.12. The van der Waals surface area contributed by atoms with Gasteiger partial charge < -0.3 is 9.63 Å². The van der Waals surface area contributed by atoms with E-state index in [2.05, 4.69) is 16.7 Å². The number of alkyl halides is 3. The molecule has 0 bridgehead atoms. The molecule has 1 aromatic heterocycles. The van der Waals surface area contributed by atoms with Crippen LogP contribution in [0.5, 0.6) is 0 Å². The van der Waals surface area contributed by atoms with Crippen LogP contribution < -0.4 is 0 Å². The number of carboxylic acids is 1. The quantitative estimate of drug-likeness (QED) is 0.613. The Balaban J connectivity index is 1.77. The van der Waals surface area contributed by atoms with E-state index in [0.717, 1.165) is 18.4 Å². The Hall–Kier alpha value is -2.29. The van der Waals surface area contributed by atoms with Gasteiger partial charge >= 0.3 is 11.5 Å². The molecule has 0 unspecified atom stereocenters. The number of rotatable bonds is 6. The molecule has 1 N–H and O–H groups in total. The number of aromatic nitrogens is 2. The van der Waals surface area contributed by atoms with Crippen LogP contribution in [0, 0.1) is 0 Å². The van der Waals surface area contributed by atoms with Crippen LogP contribution in [0.15, 0.2) is 45.8 Å². The Morgan fingerprint density at radius 1 is 1.32 bits per heavy atom. The smallest absolute Gasteiger partial charge is 0.446 e. The predicted molar refractivity (Wildman–Crippen MR) is 83.1 cm³/mol. The summed E-state index contributed by atoms with van der Waals surface area (Å²) in [5.74, 6) is -0.575. The second-order valence-electron chi connectivity index (χ2n) is 5.75. The number of carbonyl (C=O) groups is 1. The highest BCUT2D eigenvalue weighted by molar-refractivity contribution is 8.00. The van der Waals surface area contributed by atoms with E-state index >= 15 is 0 Å². The van der Waals surface area contributed by atoms with Crippen LogP contribution in [0.1, 0.15) is 30.1 Å². The van der Waals surface area contributed by atoms with Crippen molar-refractivity contribution in [3.8, 4) is 0 Å². The fourth-order valence-corrected chi connectivity index (χ4v) is 3.06. The van der Waals surface area contributed by atoms with Crippen LogP contribution in [0.3, 0.4) is 0 Å². The van der Waals surface area contributed by atoms with Crippen LogP contribution in [0.4, 0.5) is 13.2 Å². The van der Waals surface area contributed by atoms with Gasteiger partial charge in [0, 0.05) is 10.5 Å². The van der Waals surface area contributed by atoms with E-state index in [0.29, 0.717) is 5.82 Å². The highest BCUT2D eigenvalue weighted by Crippen LogP contribution is 2.52. The van der Waals surface area contributed by atoms with E-state index in [9.17, 15) is 18.0 Å². The maximum absolute atomic E-state index is 12.4. The van der Waals surface area contributed by atoms with Crippen LogP contribution in [0.25, 0.3) is 0 Å². The molecule has 1 aliphatic carbocycles. The number of nitrogens with zero attached hydrogens (tertiary/aromatic N) is 2. The zero-order valence-electron chi connectivity index (χ0n) is 12.8. The molecule has 0 atom stereocenters. The number of hydrogen-bond acceptors (Lipinski definition) is 5. The molecule has 1 saturated carbocycles. The van der Waals surface area contributed by atoms with Gasteiger partial charge in [-0.3, -0.25) is 0 Å². The fourth-order valence-electron chi connectivity index (χ4n) is 2.52. The van der Waals surface area contributed by atoms with Gasteiger partial charge in [-0.2, -0.15) is 18.2 Å². The molecule has 9 heteroatoms. The first-order chi connectivity index (χ1) is 11.7. The lowest BCUT2D eigenvalue weighted by Crippen LogP contribution is -2.11. The maximum atomic E-state index is 12.4. The monoisotopic (exact) mass is 370 g/mol. The molecule has 0 spiro atoms. The summed E-state index contributed by atoms with van der Waals surface area (Å²) in [5.41, 5.74) is -4.06. The summed E-state index contributed by atoms with van der Waals surface area (Å²) in [6, 6.07) is 6.10. The van der Waals surface area contributed by atoms with Crippen molar-refractivity contribution in [3.05, 3.63) is 53.7 Å². The molecule has 1 aromatic carbocycles. The number of benzene rings is 1. The van der Waals surface area contributed by atoms with Crippen LogP contribution >= 0.6 is 11.8 Å². The summed E-state index contributed by atoms with van der Waals surface area (Å²) in [5, 5.41) is 12.8. The predicted octanol–water partition coefficient (Wildman–Crippen LogP) is 3.94. The third-order valence-electron chi connectivity index (χ3n) is 3.95.